The third kappa shape index (κ3) is 2.36. The Morgan fingerprint density at radius 3 is 2.39 bits per heavy atom. The summed E-state index contributed by atoms with van der Waals surface area (Å²) in [5, 5.41) is 12.0. The van der Waals surface area contributed by atoms with Gasteiger partial charge in [-0.3, -0.25) is 4.79 Å². The molecule has 1 aliphatic heterocycles. The predicted octanol–water partition coefficient (Wildman–Crippen LogP) is 0.747. The fraction of sp³-hybridized carbons (Fsp3) is 0.917. The molecule has 1 amide bonds. The van der Waals surface area contributed by atoms with E-state index in [9.17, 15) is 18.7 Å². The van der Waals surface area contributed by atoms with Crippen LogP contribution in [-0.4, -0.2) is 53.6 Å². The van der Waals surface area contributed by atoms with E-state index in [0.29, 0.717) is 19.3 Å². The lowest BCUT2D eigenvalue weighted by Crippen LogP contribution is -2.62. The van der Waals surface area contributed by atoms with Crippen molar-refractivity contribution >= 4 is 5.91 Å². The molecule has 6 heteroatoms. The molecule has 1 saturated heterocycles. The van der Waals surface area contributed by atoms with E-state index >= 15 is 0 Å². The fourth-order valence-electron chi connectivity index (χ4n) is 2.47. The lowest BCUT2D eigenvalue weighted by atomic mass is 9.75. The second-order valence-electron chi connectivity index (χ2n) is 5.51. The summed E-state index contributed by atoms with van der Waals surface area (Å²) in [6.07, 6.45) is 1.91. The molecule has 0 spiro atoms. The molecule has 1 aliphatic carbocycles. The number of amides is 1. The molecule has 0 bridgehead atoms. The molecule has 18 heavy (non-hydrogen) atoms. The highest BCUT2D eigenvalue weighted by Gasteiger charge is 2.61. The van der Waals surface area contributed by atoms with Crippen LogP contribution in [0.4, 0.5) is 8.78 Å². The number of hydrogen-bond acceptors (Lipinski definition) is 3. The molecular weight excluding hydrogens is 242 g/mol. The molecule has 0 unspecified atom stereocenters. The highest BCUT2D eigenvalue weighted by molar-refractivity contribution is 5.85. The summed E-state index contributed by atoms with van der Waals surface area (Å²) in [6.45, 7) is 1.58. The minimum atomic E-state index is -3.67. The van der Waals surface area contributed by atoms with Crippen molar-refractivity contribution < 1.29 is 18.7 Å². The average molecular weight is 262 g/mol. The van der Waals surface area contributed by atoms with Crippen LogP contribution in [0.2, 0.25) is 0 Å². The summed E-state index contributed by atoms with van der Waals surface area (Å²) in [5.74, 6) is -4.99. The SMILES string of the molecule is CN1CCC(NC(=O)C(F)(F)C2(O)CCC2)CC1. The van der Waals surface area contributed by atoms with Gasteiger partial charge in [0.05, 0.1) is 0 Å². The number of aliphatic hydroxyl groups is 1. The molecule has 0 atom stereocenters. The number of halogens is 2. The molecule has 2 N–H and O–H groups in total. The van der Waals surface area contributed by atoms with Crippen LogP contribution >= 0.6 is 0 Å². The van der Waals surface area contributed by atoms with E-state index in [4.69, 9.17) is 0 Å². The van der Waals surface area contributed by atoms with Gasteiger partial charge in [-0.1, -0.05) is 0 Å². The maximum absolute atomic E-state index is 13.8. The van der Waals surface area contributed by atoms with Gasteiger partial charge in [-0.05, 0) is 52.2 Å². The molecule has 2 rings (SSSR count). The molecule has 0 radical (unpaired) electrons. The standard InChI is InChI=1S/C12H20F2N2O2/c1-16-7-3-9(4-8-16)15-10(17)12(13,14)11(18)5-2-6-11/h9,18H,2-8H2,1H3,(H,15,17). The molecular formula is C12H20F2N2O2. The summed E-state index contributed by atoms with van der Waals surface area (Å²) in [5.41, 5.74) is -2.12. The largest absolute Gasteiger partial charge is 0.383 e. The minimum Gasteiger partial charge on any atom is -0.383 e. The summed E-state index contributed by atoms with van der Waals surface area (Å²) in [6, 6.07) is -0.205. The first-order chi connectivity index (χ1) is 8.35. The molecule has 1 saturated carbocycles. The number of nitrogens with zero attached hydrogens (tertiary/aromatic N) is 1. The number of carbonyl (C=O) groups excluding carboxylic acids is 1. The van der Waals surface area contributed by atoms with E-state index in [0.717, 1.165) is 13.1 Å². The van der Waals surface area contributed by atoms with Crippen molar-refractivity contribution in [3.8, 4) is 0 Å². The number of likely N-dealkylation sites (tertiary alicyclic amines) is 1. The van der Waals surface area contributed by atoms with E-state index in [1.54, 1.807) is 0 Å². The zero-order chi connectivity index (χ0) is 13.4. The third-order valence-corrected chi connectivity index (χ3v) is 4.10. The van der Waals surface area contributed by atoms with Crippen molar-refractivity contribution in [3.63, 3.8) is 0 Å². The Morgan fingerprint density at radius 2 is 1.94 bits per heavy atom. The summed E-state index contributed by atoms with van der Waals surface area (Å²) in [4.78, 5) is 13.7. The first-order valence-corrected chi connectivity index (χ1v) is 6.45. The molecule has 4 nitrogen and oxygen atoms in total. The van der Waals surface area contributed by atoms with E-state index in [-0.39, 0.29) is 18.9 Å². The van der Waals surface area contributed by atoms with Gasteiger partial charge >= 0.3 is 5.92 Å². The van der Waals surface area contributed by atoms with E-state index < -0.39 is 17.4 Å². The van der Waals surface area contributed by atoms with Gasteiger partial charge in [0, 0.05) is 6.04 Å². The van der Waals surface area contributed by atoms with Crippen molar-refractivity contribution in [2.75, 3.05) is 20.1 Å². The van der Waals surface area contributed by atoms with Crippen molar-refractivity contribution in [2.24, 2.45) is 0 Å². The molecule has 2 fully saturated rings. The monoisotopic (exact) mass is 262 g/mol. The number of rotatable bonds is 3. The second kappa shape index (κ2) is 4.74. The zero-order valence-corrected chi connectivity index (χ0v) is 10.6. The Morgan fingerprint density at radius 1 is 1.39 bits per heavy atom. The summed E-state index contributed by atoms with van der Waals surface area (Å²) >= 11 is 0. The van der Waals surface area contributed by atoms with Crippen LogP contribution in [0.1, 0.15) is 32.1 Å². The Bertz CT molecular complexity index is 324. The maximum Gasteiger partial charge on any atom is 0.352 e. The number of carbonyl (C=O) groups is 1. The Balaban J connectivity index is 1.91. The number of nitrogens with one attached hydrogen (secondary N) is 1. The van der Waals surface area contributed by atoms with Crippen LogP contribution in [0.5, 0.6) is 0 Å². The van der Waals surface area contributed by atoms with Crippen molar-refractivity contribution in [1.82, 2.24) is 10.2 Å². The minimum absolute atomic E-state index is 0.000818. The van der Waals surface area contributed by atoms with Gasteiger partial charge in [-0.25, -0.2) is 0 Å². The second-order valence-corrected chi connectivity index (χ2v) is 5.51. The van der Waals surface area contributed by atoms with Crippen molar-refractivity contribution in [1.29, 1.82) is 0 Å². The first-order valence-electron chi connectivity index (χ1n) is 6.45. The molecule has 0 aromatic heterocycles. The van der Waals surface area contributed by atoms with Crippen molar-refractivity contribution in [3.05, 3.63) is 0 Å². The zero-order valence-electron chi connectivity index (χ0n) is 10.6. The van der Waals surface area contributed by atoms with Gasteiger partial charge in [0.2, 0.25) is 0 Å². The van der Waals surface area contributed by atoms with E-state index in [2.05, 4.69) is 10.2 Å². The van der Waals surface area contributed by atoms with Crippen LogP contribution in [0.3, 0.4) is 0 Å². The van der Waals surface area contributed by atoms with Crippen LogP contribution in [0.25, 0.3) is 0 Å². The molecule has 2 aliphatic rings. The van der Waals surface area contributed by atoms with Gasteiger partial charge in [-0.2, -0.15) is 8.78 Å². The summed E-state index contributed by atoms with van der Waals surface area (Å²) in [7, 11) is 1.96. The van der Waals surface area contributed by atoms with Gasteiger partial charge in [0.1, 0.15) is 5.60 Å². The van der Waals surface area contributed by atoms with E-state index in [1.807, 2.05) is 7.05 Å². The van der Waals surface area contributed by atoms with E-state index in [1.165, 1.54) is 0 Å². The van der Waals surface area contributed by atoms with Gasteiger partial charge in [0.15, 0.2) is 0 Å². The quantitative estimate of drug-likeness (QED) is 0.789. The van der Waals surface area contributed by atoms with Crippen LogP contribution in [0.15, 0.2) is 0 Å². The third-order valence-electron chi connectivity index (χ3n) is 4.10. The predicted molar refractivity (Wildman–Crippen MR) is 62.4 cm³/mol. The topological polar surface area (TPSA) is 52.6 Å². The van der Waals surface area contributed by atoms with Crippen LogP contribution in [-0.2, 0) is 4.79 Å². The number of piperidine rings is 1. The van der Waals surface area contributed by atoms with Gasteiger partial charge in [0.25, 0.3) is 5.91 Å². The smallest absolute Gasteiger partial charge is 0.352 e. The molecule has 0 aromatic carbocycles. The van der Waals surface area contributed by atoms with Crippen LogP contribution in [0, 0.1) is 0 Å². The highest BCUT2D eigenvalue weighted by atomic mass is 19.3. The number of hydrogen-bond donors (Lipinski definition) is 2. The Labute approximate surface area is 105 Å². The molecule has 0 aromatic rings. The Kier molecular flexibility index (Phi) is 3.60. The van der Waals surface area contributed by atoms with Gasteiger partial charge in [-0.15, -0.1) is 0 Å². The van der Waals surface area contributed by atoms with Gasteiger partial charge < -0.3 is 15.3 Å². The lowest BCUT2D eigenvalue weighted by Gasteiger charge is -2.42. The van der Waals surface area contributed by atoms with Crippen LogP contribution < -0.4 is 5.32 Å². The fourth-order valence-corrected chi connectivity index (χ4v) is 2.47. The average Bonchev–Trinajstić information content (AvgIpc) is 2.28. The lowest BCUT2D eigenvalue weighted by molar-refractivity contribution is -0.216. The highest BCUT2D eigenvalue weighted by Crippen LogP contribution is 2.44. The first kappa shape index (κ1) is 13.7. The molecule has 104 valence electrons. The molecule has 1 heterocycles. The maximum atomic E-state index is 13.8. The van der Waals surface area contributed by atoms with Crippen molar-refractivity contribution in [2.45, 2.75) is 49.7 Å². The normalized spacial score (nSPS) is 25.6. The Hall–Kier alpha value is -0.750. The number of alkyl halides is 2. The summed E-state index contributed by atoms with van der Waals surface area (Å²) < 4.78 is 27.6.